The fourth-order valence-electron chi connectivity index (χ4n) is 0.926. The van der Waals surface area contributed by atoms with E-state index >= 15 is 0 Å². The molecule has 0 amide bonds. The van der Waals surface area contributed by atoms with Crippen LogP contribution < -0.4 is 9.86 Å². The second kappa shape index (κ2) is 6.40. The molecule has 0 fully saturated rings. The van der Waals surface area contributed by atoms with E-state index in [2.05, 4.69) is 9.88 Å². The number of hydrogen-bond acceptors (Lipinski definition) is 5. The lowest BCUT2D eigenvalue weighted by Gasteiger charge is -2.11. The van der Waals surface area contributed by atoms with Crippen molar-refractivity contribution in [3.63, 3.8) is 0 Å². The van der Waals surface area contributed by atoms with E-state index in [0.717, 1.165) is 0 Å². The van der Waals surface area contributed by atoms with Crippen molar-refractivity contribution in [3.05, 3.63) is 0 Å². The van der Waals surface area contributed by atoms with Crippen LogP contribution >= 0.6 is 0 Å². The number of carbonyl (C=O) groups is 2. The third-order valence-corrected chi connectivity index (χ3v) is 2.16. The highest BCUT2D eigenvalue weighted by atomic mass is 32.2. The van der Waals surface area contributed by atoms with Gasteiger partial charge in [0.25, 0.3) is 10.2 Å². The van der Waals surface area contributed by atoms with Crippen molar-refractivity contribution < 1.29 is 27.9 Å². The lowest BCUT2D eigenvalue weighted by atomic mass is 10.2. The zero-order valence-corrected chi connectivity index (χ0v) is 9.49. The molecule has 0 bridgehead atoms. The van der Waals surface area contributed by atoms with Gasteiger partial charge in [-0.25, -0.2) is 5.14 Å². The summed E-state index contributed by atoms with van der Waals surface area (Å²) in [5, 5.41) is 13.3. The molecule has 9 heteroatoms. The molecule has 0 aliphatic rings. The molecule has 0 aromatic rings. The van der Waals surface area contributed by atoms with Crippen molar-refractivity contribution in [2.24, 2.45) is 5.14 Å². The lowest BCUT2D eigenvalue weighted by molar-refractivity contribution is -0.144. The van der Waals surface area contributed by atoms with E-state index in [1.165, 1.54) is 0 Å². The van der Waals surface area contributed by atoms with Crippen LogP contribution in [0.15, 0.2) is 0 Å². The Morgan fingerprint density at radius 1 is 1.50 bits per heavy atom. The SMILES string of the molecule is CCOC(=O)CC[C@H](NS(N)(=O)=O)C(=O)O. The van der Waals surface area contributed by atoms with Gasteiger partial charge in [0.2, 0.25) is 0 Å². The summed E-state index contributed by atoms with van der Waals surface area (Å²) in [7, 11) is -4.11. The Balaban J connectivity index is 4.26. The molecule has 0 saturated carbocycles. The highest BCUT2D eigenvalue weighted by Crippen LogP contribution is 2.00. The maximum absolute atomic E-state index is 10.9. The van der Waals surface area contributed by atoms with Gasteiger partial charge in [0, 0.05) is 6.42 Å². The van der Waals surface area contributed by atoms with Crippen molar-refractivity contribution in [1.29, 1.82) is 0 Å². The van der Waals surface area contributed by atoms with Crippen LogP contribution in [-0.4, -0.2) is 38.1 Å². The Morgan fingerprint density at radius 2 is 2.06 bits per heavy atom. The molecule has 0 spiro atoms. The predicted octanol–water partition coefficient (Wildman–Crippen LogP) is -1.42. The summed E-state index contributed by atoms with van der Waals surface area (Å²) in [6.45, 7) is 1.79. The summed E-state index contributed by atoms with van der Waals surface area (Å²) in [5.74, 6) is -2.00. The maximum atomic E-state index is 10.9. The Labute approximate surface area is 92.9 Å². The topological polar surface area (TPSA) is 136 Å². The normalized spacial score (nSPS) is 13.1. The number of carboxylic acid groups (broad SMARTS) is 1. The molecule has 0 aromatic carbocycles. The van der Waals surface area contributed by atoms with Gasteiger partial charge < -0.3 is 9.84 Å². The summed E-state index contributed by atoms with van der Waals surface area (Å²) in [4.78, 5) is 21.5. The van der Waals surface area contributed by atoms with Crippen LogP contribution in [0.25, 0.3) is 0 Å². The Kier molecular flexibility index (Phi) is 5.93. The van der Waals surface area contributed by atoms with E-state index in [-0.39, 0.29) is 19.4 Å². The lowest BCUT2D eigenvalue weighted by Crippen LogP contribution is -2.44. The van der Waals surface area contributed by atoms with Gasteiger partial charge >= 0.3 is 11.9 Å². The molecule has 0 heterocycles. The maximum Gasteiger partial charge on any atom is 0.321 e. The number of nitrogens with two attached hydrogens (primary N) is 1. The van der Waals surface area contributed by atoms with Crippen LogP contribution in [0.1, 0.15) is 19.8 Å². The number of nitrogens with one attached hydrogen (secondary N) is 1. The van der Waals surface area contributed by atoms with E-state index in [4.69, 9.17) is 5.11 Å². The summed E-state index contributed by atoms with van der Waals surface area (Å²) >= 11 is 0. The van der Waals surface area contributed by atoms with Crippen molar-refractivity contribution >= 4 is 22.1 Å². The van der Waals surface area contributed by atoms with Crippen molar-refractivity contribution in [2.75, 3.05) is 6.61 Å². The molecular formula is C7H14N2O6S. The van der Waals surface area contributed by atoms with Gasteiger partial charge in [-0.15, -0.1) is 0 Å². The third kappa shape index (κ3) is 7.15. The summed E-state index contributed by atoms with van der Waals surface area (Å²) in [6, 6.07) is -1.43. The van der Waals surface area contributed by atoms with Crippen LogP contribution in [0, 0.1) is 0 Å². The van der Waals surface area contributed by atoms with Crippen LogP contribution in [0.2, 0.25) is 0 Å². The summed E-state index contributed by atoms with van der Waals surface area (Å²) in [6.07, 6.45) is -0.419. The van der Waals surface area contributed by atoms with E-state index in [9.17, 15) is 18.0 Å². The molecule has 0 aliphatic carbocycles. The second-order valence-corrected chi connectivity index (χ2v) is 4.22. The largest absolute Gasteiger partial charge is 0.480 e. The first kappa shape index (κ1) is 14.8. The van der Waals surface area contributed by atoms with Crippen molar-refractivity contribution in [1.82, 2.24) is 4.72 Å². The Bertz CT molecular complexity index is 352. The first-order valence-corrected chi connectivity index (χ1v) is 5.99. The fourth-order valence-corrected chi connectivity index (χ4v) is 1.54. The quantitative estimate of drug-likeness (QED) is 0.477. The monoisotopic (exact) mass is 254 g/mol. The van der Waals surface area contributed by atoms with Crippen LogP contribution in [0.5, 0.6) is 0 Å². The summed E-state index contributed by atoms with van der Waals surface area (Å²) in [5.41, 5.74) is 0. The van der Waals surface area contributed by atoms with Crippen LogP contribution in [0.3, 0.4) is 0 Å². The average Bonchev–Trinajstić information content (AvgIpc) is 2.10. The van der Waals surface area contributed by atoms with Gasteiger partial charge in [0.15, 0.2) is 0 Å². The molecule has 0 aromatic heterocycles. The smallest absolute Gasteiger partial charge is 0.321 e. The molecule has 0 unspecified atom stereocenters. The molecule has 1 atom stereocenters. The molecule has 0 saturated heterocycles. The van der Waals surface area contributed by atoms with Crippen LogP contribution in [-0.2, 0) is 24.5 Å². The molecular weight excluding hydrogens is 240 g/mol. The van der Waals surface area contributed by atoms with Gasteiger partial charge in [0.1, 0.15) is 6.04 Å². The summed E-state index contributed by atoms with van der Waals surface area (Å²) < 4.78 is 27.5. The molecule has 16 heavy (non-hydrogen) atoms. The second-order valence-electron chi connectivity index (χ2n) is 2.90. The minimum atomic E-state index is -4.11. The number of esters is 1. The number of rotatable bonds is 7. The number of aliphatic carboxylic acids is 1. The highest BCUT2D eigenvalue weighted by Gasteiger charge is 2.22. The van der Waals surface area contributed by atoms with Crippen molar-refractivity contribution in [3.8, 4) is 0 Å². The standard InChI is InChI=1S/C7H14N2O6S/c1-2-15-6(10)4-3-5(7(11)12)9-16(8,13)14/h5,9H,2-4H2,1H3,(H,11,12)(H2,8,13,14)/t5-/m0/s1. The number of ether oxygens (including phenoxy) is 1. The molecule has 0 radical (unpaired) electrons. The third-order valence-electron chi connectivity index (χ3n) is 1.55. The van der Waals surface area contributed by atoms with Gasteiger partial charge in [-0.2, -0.15) is 13.1 Å². The van der Waals surface area contributed by atoms with Crippen molar-refractivity contribution in [2.45, 2.75) is 25.8 Å². The highest BCUT2D eigenvalue weighted by molar-refractivity contribution is 7.87. The Hall–Kier alpha value is -1.19. The van der Waals surface area contributed by atoms with Gasteiger partial charge in [-0.1, -0.05) is 0 Å². The molecule has 8 nitrogen and oxygen atoms in total. The predicted molar refractivity (Wildman–Crippen MR) is 53.5 cm³/mol. The molecule has 4 N–H and O–H groups in total. The Morgan fingerprint density at radius 3 is 2.44 bits per heavy atom. The van der Waals surface area contributed by atoms with E-state index < -0.39 is 28.2 Å². The van der Waals surface area contributed by atoms with Gasteiger partial charge in [0.05, 0.1) is 6.61 Å². The van der Waals surface area contributed by atoms with E-state index in [0.29, 0.717) is 0 Å². The van der Waals surface area contributed by atoms with Gasteiger partial charge in [-0.3, -0.25) is 9.59 Å². The van der Waals surface area contributed by atoms with E-state index in [1.54, 1.807) is 11.6 Å². The molecule has 0 rings (SSSR count). The average molecular weight is 254 g/mol. The minimum absolute atomic E-state index is 0.180. The minimum Gasteiger partial charge on any atom is -0.480 e. The van der Waals surface area contributed by atoms with Crippen LogP contribution in [0.4, 0.5) is 0 Å². The number of hydrogen-bond donors (Lipinski definition) is 3. The zero-order chi connectivity index (χ0) is 12.8. The van der Waals surface area contributed by atoms with Gasteiger partial charge in [-0.05, 0) is 13.3 Å². The first-order valence-electron chi connectivity index (χ1n) is 4.44. The fraction of sp³-hybridized carbons (Fsp3) is 0.714. The molecule has 0 aliphatic heterocycles. The zero-order valence-electron chi connectivity index (χ0n) is 8.67. The first-order chi connectivity index (χ1) is 7.26. The number of carboxylic acids is 1. The number of carbonyl (C=O) groups excluding carboxylic acids is 1. The molecule has 94 valence electrons. The van der Waals surface area contributed by atoms with E-state index in [1.807, 2.05) is 0 Å².